The van der Waals surface area contributed by atoms with Crippen molar-refractivity contribution in [3.63, 3.8) is 0 Å². The monoisotopic (exact) mass is 422 g/mol. The molecule has 0 saturated heterocycles. The van der Waals surface area contributed by atoms with E-state index in [9.17, 15) is 19.2 Å². The van der Waals surface area contributed by atoms with E-state index in [-0.39, 0.29) is 42.5 Å². The molecule has 0 aliphatic rings. The summed E-state index contributed by atoms with van der Waals surface area (Å²) < 4.78 is 0. The van der Waals surface area contributed by atoms with Crippen molar-refractivity contribution in [1.29, 1.82) is 0 Å². The summed E-state index contributed by atoms with van der Waals surface area (Å²) in [6, 6.07) is 8.00. The fraction of sp³-hybridized carbons (Fsp3) is 0.444. The van der Waals surface area contributed by atoms with Gasteiger partial charge in [-0.2, -0.15) is 0 Å². The van der Waals surface area contributed by atoms with E-state index in [2.05, 4.69) is 28.0 Å². The Morgan fingerprint density at radius 3 is 2.46 bits per heavy atom. The van der Waals surface area contributed by atoms with Gasteiger partial charge in [-0.05, 0) is 30.5 Å². The van der Waals surface area contributed by atoms with Crippen LogP contribution < -0.4 is 5.32 Å². The van der Waals surface area contributed by atoms with Gasteiger partial charge < -0.3 is 5.32 Å². The Hall–Kier alpha value is -2.29. The molecule has 1 atom stereocenters. The van der Waals surface area contributed by atoms with Gasteiger partial charge in [0.25, 0.3) is 0 Å². The van der Waals surface area contributed by atoms with E-state index in [0.29, 0.717) is 19.4 Å². The molecule has 0 aliphatic carbocycles. The Kier molecular flexibility index (Phi) is 11.7. The number of nitrogens with zero attached hydrogens (tertiary/aromatic N) is 3. The predicted octanol–water partition coefficient (Wildman–Crippen LogP) is 3.47. The SMILES string of the molecule is [N-]=[N+]=NCCCCC(=O)N[C@@H](CC(=O)Sc1ccccc1)C(=O)CCC(=O)S. The van der Waals surface area contributed by atoms with E-state index in [1.54, 1.807) is 24.3 Å². The summed E-state index contributed by atoms with van der Waals surface area (Å²) in [6.45, 7) is 0.294. The molecule has 10 heteroatoms. The third kappa shape index (κ3) is 10.8. The van der Waals surface area contributed by atoms with E-state index >= 15 is 0 Å². The Morgan fingerprint density at radius 1 is 1.11 bits per heavy atom. The standard InChI is InChI=1S/C18H22N4O4S2/c19-22-20-11-5-4-8-16(24)21-14(15(23)9-10-17(25)27)12-18(26)28-13-6-2-1-3-7-13/h1-3,6-7,14H,4-5,8-12H2,(H,21,24)(H,25,27)/t14-/m0/s1. The number of hydrogen-bond donors (Lipinski definition) is 2. The molecule has 150 valence electrons. The highest BCUT2D eigenvalue weighted by Crippen LogP contribution is 2.21. The summed E-state index contributed by atoms with van der Waals surface area (Å²) in [5.41, 5.74) is 8.21. The lowest BCUT2D eigenvalue weighted by molar-refractivity contribution is -0.129. The number of thiol groups is 1. The van der Waals surface area contributed by atoms with Crippen molar-refractivity contribution in [3.05, 3.63) is 40.8 Å². The lowest BCUT2D eigenvalue weighted by Gasteiger charge is -2.17. The van der Waals surface area contributed by atoms with Crippen LogP contribution in [0.15, 0.2) is 40.3 Å². The number of carbonyl (C=O) groups excluding carboxylic acids is 4. The molecular weight excluding hydrogens is 400 g/mol. The molecule has 1 aromatic carbocycles. The fourth-order valence-corrected chi connectivity index (χ4v) is 3.18. The molecule has 8 nitrogen and oxygen atoms in total. The minimum Gasteiger partial charge on any atom is -0.346 e. The van der Waals surface area contributed by atoms with E-state index in [0.717, 1.165) is 16.7 Å². The smallest absolute Gasteiger partial charge is 0.220 e. The highest BCUT2D eigenvalue weighted by atomic mass is 32.2. The number of carbonyl (C=O) groups is 4. The van der Waals surface area contributed by atoms with Crippen LogP contribution in [-0.4, -0.2) is 34.5 Å². The van der Waals surface area contributed by atoms with E-state index < -0.39 is 11.2 Å². The molecule has 1 N–H and O–H groups in total. The van der Waals surface area contributed by atoms with Crippen molar-refractivity contribution >= 4 is 46.3 Å². The Bertz CT molecular complexity index is 736. The van der Waals surface area contributed by atoms with Crippen LogP contribution in [0.5, 0.6) is 0 Å². The van der Waals surface area contributed by atoms with Crippen molar-refractivity contribution < 1.29 is 19.2 Å². The van der Waals surface area contributed by atoms with E-state index in [1.807, 2.05) is 6.07 Å². The molecule has 0 radical (unpaired) electrons. The summed E-state index contributed by atoms with van der Waals surface area (Å²) in [5, 5.41) is 5.28. The molecule has 28 heavy (non-hydrogen) atoms. The topological polar surface area (TPSA) is 129 Å². The van der Waals surface area contributed by atoms with Gasteiger partial charge in [0.15, 0.2) is 16.0 Å². The van der Waals surface area contributed by atoms with Gasteiger partial charge in [0.2, 0.25) is 5.91 Å². The maximum atomic E-state index is 12.4. The number of ketones is 1. The van der Waals surface area contributed by atoms with Gasteiger partial charge in [-0.25, -0.2) is 0 Å². The van der Waals surface area contributed by atoms with E-state index in [1.165, 1.54) is 0 Å². The maximum Gasteiger partial charge on any atom is 0.220 e. The number of amides is 1. The van der Waals surface area contributed by atoms with Crippen molar-refractivity contribution in [3.8, 4) is 0 Å². The fourth-order valence-electron chi connectivity index (χ4n) is 2.26. The van der Waals surface area contributed by atoms with Crippen molar-refractivity contribution in [2.75, 3.05) is 6.54 Å². The zero-order valence-corrected chi connectivity index (χ0v) is 17.0. The summed E-state index contributed by atoms with van der Waals surface area (Å²) >= 11 is 4.63. The minimum atomic E-state index is -0.985. The Morgan fingerprint density at radius 2 is 1.82 bits per heavy atom. The van der Waals surface area contributed by atoms with E-state index in [4.69, 9.17) is 5.53 Å². The van der Waals surface area contributed by atoms with Gasteiger partial charge in [0.05, 0.1) is 6.04 Å². The van der Waals surface area contributed by atoms with Crippen molar-refractivity contribution in [2.45, 2.75) is 49.5 Å². The second-order valence-corrected chi connectivity index (χ2v) is 7.51. The first-order valence-electron chi connectivity index (χ1n) is 8.73. The van der Waals surface area contributed by atoms with Crippen LogP contribution in [0.4, 0.5) is 0 Å². The first-order chi connectivity index (χ1) is 13.4. The lowest BCUT2D eigenvalue weighted by Crippen LogP contribution is -2.42. The average Bonchev–Trinajstić information content (AvgIpc) is 2.66. The summed E-state index contributed by atoms with van der Waals surface area (Å²) in [6.07, 6.45) is 0.883. The third-order valence-electron chi connectivity index (χ3n) is 3.63. The molecule has 0 bridgehead atoms. The number of thioether (sulfide) groups is 1. The van der Waals surface area contributed by atoms with Crippen molar-refractivity contribution in [2.24, 2.45) is 5.11 Å². The molecule has 1 rings (SSSR count). The quantitative estimate of drug-likeness (QED) is 0.126. The first-order valence-corrected chi connectivity index (χ1v) is 9.99. The molecule has 1 amide bonds. The third-order valence-corrected chi connectivity index (χ3v) is 4.76. The lowest BCUT2D eigenvalue weighted by atomic mass is 10.0. The van der Waals surface area contributed by atoms with Crippen LogP contribution in [0.3, 0.4) is 0 Å². The number of nitrogens with one attached hydrogen (secondary N) is 1. The van der Waals surface area contributed by atoms with Gasteiger partial charge in [0.1, 0.15) is 0 Å². The average molecular weight is 423 g/mol. The van der Waals surface area contributed by atoms with Crippen LogP contribution in [0.25, 0.3) is 10.4 Å². The molecule has 0 saturated carbocycles. The molecule has 0 aliphatic heterocycles. The largest absolute Gasteiger partial charge is 0.346 e. The van der Waals surface area contributed by atoms with Crippen LogP contribution in [0, 0.1) is 0 Å². The number of benzene rings is 1. The Labute approximate surface area is 172 Å². The second-order valence-electron chi connectivity index (χ2n) is 5.88. The van der Waals surface area contributed by atoms with Crippen molar-refractivity contribution in [1.82, 2.24) is 5.32 Å². The van der Waals surface area contributed by atoms with Gasteiger partial charge >= 0.3 is 0 Å². The van der Waals surface area contributed by atoms with Gasteiger partial charge in [-0.3, -0.25) is 19.2 Å². The molecule has 0 unspecified atom stereocenters. The molecule has 0 heterocycles. The highest BCUT2D eigenvalue weighted by Gasteiger charge is 2.24. The van der Waals surface area contributed by atoms with Crippen LogP contribution in [0.1, 0.15) is 38.5 Å². The predicted molar refractivity (Wildman–Crippen MR) is 110 cm³/mol. The zero-order valence-electron chi connectivity index (χ0n) is 15.2. The van der Waals surface area contributed by atoms with Crippen LogP contribution in [-0.2, 0) is 19.2 Å². The van der Waals surface area contributed by atoms with Gasteiger partial charge in [-0.15, -0.1) is 12.6 Å². The van der Waals surface area contributed by atoms with Gasteiger partial charge in [-0.1, -0.05) is 35.1 Å². The Balaban J connectivity index is 2.63. The summed E-state index contributed by atoms with van der Waals surface area (Å²) in [5.74, 6) is -0.749. The molecule has 0 aromatic heterocycles. The first kappa shape index (κ1) is 23.7. The molecule has 0 spiro atoms. The second kappa shape index (κ2) is 13.8. The molecule has 0 fully saturated rings. The zero-order chi connectivity index (χ0) is 20.8. The number of Topliss-reactive ketones (excluding diaryl/α,β-unsaturated/α-hetero) is 1. The molecule has 1 aromatic rings. The van der Waals surface area contributed by atoms with Crippen LogP contribution >= 0.6 is 24.4 Å². The van der Waals surface area contributed by atoms with Gasteiger partial charge in [0, 0.05) is 42.0 Å². The molecular formula is C18H22N4O4S2. The number of rotatable bonds is 13. The number of azide groups is 1. The highest BCUT2D eigenvalue weighted by molar-refractivity contribution is 8.13. The summed E-state index contributed by atoms with van der Waals surface area (Å²) in [7, 11) is 0. The summed E-state index contributed by atoms with van der Waals surface area (Å²) in [4.78, 5) is 51.2. The number of hydrogen-bond acceptors (Lipinski definition) is 6. The maximum absolute atomic E-state index is 12.4. The van der Waals surface area contributed by atoms with Crippen LogP contribution in [0.2, 0.25) is 0 Å². The minimum absolute atomic E-state index is 0.0551. The number of unbranched alkanes of at least 4 members (excludes halogenated alkanes) is 1. The normalized spacial score (nSPS) is 11.2.